The van der Waals surface area contributed by atoms with Crippen LogP contribution in [0, 0.1) is 5.92 Å². The Balaban J connectivity index is 2.20. The van der Waals surface area contributed by atoms with Crippen LogP contribution in [0.1, 0.15) is 32.8 Å². The highest BCUT2D eigenvalue weighted by atomic mass is 35.5. The van der Waals surface area contributed by atoms with Gasteiger partial charge in [0.15, 0.2) is 11.5 Å². The van der Waals surface area contributed by atoms with Gasteiger partial charge in [0, 0.05) is 39.8 Å². The molecule has 3 rings (SSSR count). The van der Waals surface area contributed by atoms with E-state index in [1.807, 2.05) is 13.8 Å². The van der Waals surface area contributed by atoms with E-state index in [4.69, 9.17) is 49.0 Å². The Bertz CT molecular complexity index is 1630. The standard InChI is InChI=1S/C32H38Cl3N3O7S/c1-7-26(32(40)36-17-20(2)3)37(18-23-24(34)9-8-10-25(23)35)31(39)19-38(27-15-21(33)11-13-28(27)43-4)46(41,42)22-12-14-29(44-5)30(16-22)45-6/h8-16,20,26H,7,17-19H2,1-6H3,(H,36,40). The summed E-state index contributed by atoms with van der Waals surface area (Å²) in [5.41, 5.74) is 0.412. The first kappa shape index (κ1) is 37.1. The number of ether oxygens (including phenoxy) is 3. The number of nitrogens with one attached hydrogen (secondary N) is 1. The van der Waals surface area contributed by atoms with Crippen LogP contribution in [-0.2, 0) is 26.2 Å². The van der Waals surface area contributed by atoms with E-state index in [9.17, 15) is 18.0 Å². The summed E-state index contributed by atoms with van der Waals surface area (Å²) in [6.07, 6.45) is 0.223. The second-order valence-corrected chi connectivity index (χ2v) is 13.7. The van der Waals surface area contributed by atoms with Crippen LogP contribution in [0.3, 0.4) is 0 Å². The largest absolute Gasteiger partial charge is 0.495 e. The van der Waals surface area contributed by atoms with Gasteiger partial charge in [0.25, 0.3) is 10.0 Å². The van der Waals surface area contributed by atoms with Gasteiger partial charge in [-0.2, -0.15) is 0 Å². The number of carbonyl (C=O) groups excluding carboxylic acids is 2. The van der Waals surface area contributed by atoms with Crippen LogP contribution in [0.5, 0.6) is 17.2 Å². The van der Waals surface area contributed by atoms with Gasteiger partial charge in [0.2, 0.25) is 11.8 Å². The predicted octanol–water partition coefficient (Wildman–Crippen LogP) is 6.45. The normalized spacial score (nSPS) is 12.0. The number of halogens is 3. The summed E-state index contributed by atoms with van der Waals surface area (Å²) in [7, 11) is -0.322. The van der Waals surface area contributed by atoms with Crippen molar-refractivity contribution in [1.29, 1.82) is 0 Å². The summed E-state index contributed by atoms with van der Waals surface area (Å²) >= 11 is 19.3. The summed E-state index contributed by atoms with van der Waals surface area (Å²) < 4.78 is 45.8. The first-order valence-electron chi connectivity index (χ1n) is 14.4. The number of methoxy groups -OCH3 is 3. The van der Waals surface area contributed by atoms with Gasteiger partial charge in [-0.15, -0.1) is 0 Å². The van der Waals surface area contributed by atoms with Crippen LogP contribution in [0.2, 0.25) is 15.1 Å². The first-order chi connectivity index (χ1) is 21.8. The smallest absolute Gasteiger partial charge is 0.265 e. The molecule has 250 valence electrons. The number of rotatable bonds is 15. The minimum atomic E-state index is -4.49. The highest BCUT2D eigenvalue weighted by Crippen LogP contribution is 2.37. The quantitative estimate of drug-likeness (QED) is 0.193. The fourth-order valence-corrected chi connectivity index (χ4v) is 6.79. The molecule has 1 atom stereocenters. The Morgan fingerprint density at radius 1 is 0.870 bits per heavy atom. The zero-order chi connectivity index (χ0) is 34.2. The fraction of sp³-hybridized carbons (Fsp3) is 0.375. The van der Waals surface area contributed by atoms with Crippen LogP contribution in [0.15, 0.2) is 59.5 Å². The molecule has 3 aromatic rings. The summed E-state index contributed by atoms with van der Waals surface area (Å²) in [6.45, 7) is 5.13. The van der Waals surface area contributed by atoms with E-state index in [0.29, 0.717) is 17.9 Å². The minimum Gasteiger partial charge on any atom is -0.495 e. The zero-order valence-corrected chi connectivity index (χ0v) is 29.6. The Labute approximate surface area is 285 Å². The zero-order valence-electron chi connectivity index (χ0n) is 26.5. The van der Waals surface area contributed by atoms with Crippen molar-refractivity contribution in [2.45, 2.75) is 44.7 Å². The molecule has 0 bridgehead atoms. The second-order valence-electron chi connectivity index (χ2n) is 10.6. The third-order valence-corrected chi connectivity index (χ3v) is 9.79. The molecule has 1 unspecified atom stereocenters. The molecule has 1 N–H and O–H groups in total. The SMILES string of the molecule is CCC(C(=O)NCC(C)C)N(Cc1c(Cl)cccc1Cl)C(=O)CN(c1cc(Cl)ccc1OC)S(=O)(=O)c1ccc(OC)c(OC)c1. The molecule has 0 radical (unpaired) electrons. The molecule has 3 aromatic carbocycles. The number of sulfonamides is 1. The molecular weight excluding hydrogens is 677 g/mol. The van der Waals surface area contributed by atoms with Gasteiger partial charge >= 0.3 is 0 Å². The van der Waals surface area contributed by atoms with E-state index in [1.54, 1.807) is 25.1 Å². The van der Waals surface area contributed by atoms with Crippen molar-refractivity contribution in [1.82, 2.24) is 10.2 Å². The Morgan fingerprint density at radius 3 is 2.04 bits per heavy atom. The number of anilines is 1. The van der Waals surface area contributed by atoms with Gasteiger partial charge in [-0.05, 0) is 54.8 Å². The Morgan fingerprint density at radius 2 is 1.48 bits per heavy atom. The van der Waals surface area contributed by atoms with Gasteiger partial charge in [0.1, 0.15) is 18.3 Å². The van der Waals surface area contributed by atoms with Crippen molar-refractivity contribution in [3.05, 3.63) is 75.2 Å². The fourth-order valence-electron chi connectivity index (χ4n) is 4.67. The van der Waals surface area contributed by atoms with Gasteiger partial charge in [0.05, 0.1) is 31.9 Å². The predicted molar refractivity (Wildman–Crippen MR) is 181 cm³/mol. The number of carbonyl (C=O) groups is 2. The van der Waals surface area contributed by atoms with E-state index >= 15 is 0 Å². The summed E-state index contributed by atoms with van der Waals surface area (Å²) in [4.78, 5) is 29.0. The number of amides is 2. The molecule has 0 aliphatic rings. The molecule has 0 aliphatic carbocycles. The van der Waals surface area contributed by atoms with E-state index in [0.717, 1.165) is 4.31 Å². The molecule has 46 heavy (non-hydrogen) atoms. The van der Waals surface area contributed by atoms with Gasteiger partial charge in [-0.1, -0.05) is 61.6 Å². The van der Waals surface area contributed by atoms with Crippen molar-refractivity contribution < 1.29 is 32.2 Å². The molecule has 0 saturated carbocycles. The van der Waals surface area contributed by atoms with Crippen molar-refractivity contribution in [2.24, 2.45) is 5.92 Å². The second kappa shape index (κ2) is 16.4. The van der Waals surface area contributed by atoms with Crippen LogP contribution in [0.4, 0.5) is 5.69 Å². The van der Waals surface area contributed by atoms with Crippen molar-refractivity contribution in [3.8, 4) is 17.2 Å². The molecule has 14 heteroatoms. The average Bonchev–Trinajstić information content (AvgIpc) is 3.03. The average molecular weight is 715 g/mol. The lowest BCUT2D eigenvalue weighted by molar-refractivity contribution is -0.140. The monoisotopic (exact) mass is 713 g/mol. The maximum absolute atomic E-state index is 14.4. The van der Waals surface area contributed by atoms with E-state index in [-0.39, 0.29) is 56.0 Å². The Kier molecular flexibility index (Phi) is 13.3. The molecule has 0 saturated heterocycles. The molecule has 0 aromatic heterocycles. The molecule has 0 aliphatic heterocycles. The van der Waals surface area contributed by atoms with Crippen molar-refractivity contribution >= 4 is 62.3 Å². The first-order valence-corrected chi connectivity index (χ1v) is 16.9. The van der Waals surface area contributed by atoms with Gasteiger partial charge in [-0.25, -0.2) is 8.42 Å². The van der Waals surface area contributed by atoms with E-state index < -0.39 is 34.4 Å². The molecular formula is C32H38Cl3N3O7S. The van der Waals surface area contributed by atoms with Gasteiger partial charge in [-0.3, -0.25) is 13.9 Å². The molecule has 0 heterocycles. The van der Waals surface area contributed by atoms with Crippen LogP contribution in [0.25, 0.3) is 0 Å². The lowest BCUT2D eigenvalue weighted by atomic mass is 10.1. The van der Waals surface area contributed by atoms with Crippen LogP contribution >= 0.6 is 34.8 Å². The highest BCUT2D eigenvalue weighted by molar-refractivity contribution is 7.92. The molecule has 2 amide bonds. The number of nitrogens with zero attached hydrogens (tertiary/aromatic N) is 2. The van der Waals surface area contributed by atoms with Crippen LogP contribution < -0.4 is 23.8 Å². The van der Waals surface area contributed by atoms with Crippen LogP contribution in [-0.4, -0.2) is 65.6 Å². The van der Waals surface area contributed by atoms with Crippen molar-refractivity contribution in [3.63, 3.8) is 0 Å². The van der Waals surface area contributed by atoms with E-state index in [1.165, 1.54) is 62.6 Å². The third-order valence-electron chi connectivity index (χ3n) is 7.09. The maximum atomic E-state index is 14.4. The topological polar surface area (TPSA) is 114 Å². The van der Waals surface area contributed by atoms with Crippen molar-refractivity contribution in [2.75, 3.05) is 38.7 Å². The molecule has 0 spiro atoms. The summed E-state index contributed by atoms with van der Waals surface area (Å²) in [6, 6.07) is 12.4. The van der Waals surface area contributed by atoms with E-state index in [2.05, 4.69) is 5.32 Å². The lowest BCUT2D eigenvalue weighted by Crippen LogP contribution is -2.52. The Hall–Kier alpha value is -3.38. The summed E-state index contributed by atoms with van der Waals surface area (Å²) in [5, 5.41) is 3.66. The number of benzene rings is 3. The molecule has 0 fully saturated rings. The number of hydrogen-bond acceptors (Lipinski definition) is 7. The number of hydrogen-bond donors (Lipinski definition) is 1. The van der Waals surface area contributed by atoms with Gasteiger partial charge < -0.3 is 24.4 Å². The molecule has 10 nitrogen and oxygen atoms in total. The minimum absolute atomic E-state index is 0.00571. The maximum Gasteiger partial charge on any atom is 0.265 e. The highest BCUT2D eigenvalue weighted by Gasteiger charge is 2.36. The third kappa shape index (κ3) is 8.70. The summed E-state index contributed by atoms with van der Waals surface area (Å²) in [5.74, 6) is -0.332. The lowest BCUT2D eigenvalue weighted by Gasteiger charge is -2.34.